The van der Waals surface area contributed by atoms with E-state index in [0.717, 1.165) is 0 Å². The molecular weight excluding hydrogens is 1150 g/mol. The molecule has 4 aromatic rings. The zero-order chi connectivity index (χ0) is 58.1. The molecule has 4 unspecified atom stereocenters. The first-order valence-corrected chi connectivity index (χ1v) is 29.1. The molecule has 448 valence electrons. The van der Waals surface area contributed by atoms with Gasteiger partial charge in [-0.15, -0.1) is 13.2 Å². The molecule has 12 N–H and O–H groups in total. The van der Waals surface area contributed by atoms with Gasteiger partial charge < -0.3 is 59.3 Å². The van der Waals surface area contributed by atoms with Crippen molar-refractivity contribution in [2.45, 2.75) is 109 Å². The second-order valence-corrected chi connectivity index (χ2v) is 22.4. The van der Waals surface area contributed by atoms with E-state index in [0.29, 0.717) is 31.1 Å². The lowest BCUT2D eigenvalue weighted by Gasteiger charge is -2.34. The highest BCUT2D eigenvalue weighted by Crippen LogP contribution is 2.66. The molecule has 35 nitrogen and oxygen atoms in total. The zero-order valence-electron chi connectivity index (χ0n) is 42.5. The summed E-state index contributed by atoms with van der Waals surface area (Å²) in [5.41, 5.74) is -0.272. The number of rotatable bonds is 30. The molecule has 2 aliphatic heterocycles. The normalized spacial score (nSPS) is 20.8. The largest absolute Gasteiger partial charge is 0.490 e. The van der Waals surface area contributed by atoms with Crippen molar-refractivity contribution in [1.82, 2.24) is 39.0 Å². The quantitative estimate of drug-likeness (QED) is 0.0117. The molecule has 2 fully saturated rings. The Morgan fingerprint density at radius 1 is 0.769 bits per heavy atom. The number of imidazole rings is 2. The van der Waals surface area contributed by atoms with E-state index in [2.05, 4.69) is 127 Å². The van der Waals surface area contributed by atoms with Gasteiger partial charge >= 0.3 is 23.5 Å². The molecule has 0 bridgehead atoms. The second-order valence-electron chi connectivity index (χ2n) is 16.6. The number of H-pyrrole nitrogens is 2. The average molecular weight is 1220 g/mol. The molecule has 0 amide bonds. The number of aliphatic hydroxyl groups is 3. The van der Waals surface area contributed by atoms with Crippen molar-refractivity contribution in [3.05, 3.63) is 58.7 Å². The summed E-state index contributed by atoms with van der Waals surface area (Å²) < 4.78 is 64.7. The van der Waals surface area contributed by atoms with E-state index in [1.54, 1.807) is 26.2 Å². The summed E-state index contributed by atoms with van der Waals surface area (Å²) in [6, 6.07) is 0. The molecule has 0 aromatic carbocycles. The number of aromatic nitrogens is 8. The predicted octanol–water partition coefficient (Wildman–Crippen LogP) is 3.48. The Morgan fingerprint density at radius 3 is 1.62 bits per heavy atom. The van der Waals surface area contributed by atoms with E-state index in [4.69, 9.17) is 34.5 Å². The summed E-state index contributed by atoms with van der Waals surface area (Å²) in [5.74, 6) is 0.429. The van der Waals surface area contributed by atoms with Gasteiger partial charge in [0.25, 0.3) is 11.1 Å². The van der Waals surface area contributed by atoms with Crippen LogP contribution in [0.4, 0.5) is 11.9 Å². The standard InChI is InChI=1S/C13H20N5O13P3.C13H17N5O4.C12H29NP.H3O7P.2H2/c1-2-3-14-13-16-11-10(12(20)17-13)15-6-18(11)9-4-7(19)8(29-9)5-28-33(24,25)31-34(26,27)30-32(21,22)23;1-2-3-14-13-16-11-10(12(21)17-13)15-6-18(11)9-4-7(20)8(5-19)22-9;1-4-7-10-13(14,11-8-5-2)12-9-6-3;1-2-3-4-5-6-7-8;;/h2,6-9,19H,1,3-5H2,(H,24,25)(H,26,27)(H2,21,22,23)(H2,14,16,17,20);2,6-9,19-20H,1,3-5H2,(H2,14,16,17,21);4-12,14H2,1-3H3;1H,8H2;2*1H/q;;+1;;;/t2*7-,8-,9-;;;;/m11..../s1. The number of nitrogens with one attached hydrogen (secondary N) is 4. The Balaban J connectivity index is 0.000000596. The van der Waals surface area contributed by atoms with E-state index in [9.17, 15) is 38.4 Å². The van der Waals surface area contributed by atoms with Crippen molar-refractivity contribution in [2.24, 2.45) is 0 Å². The van der Waals surface area contributed by atoms with E-state index in [1.165, 1.54) is 79.6 Å². The van der Waals surface area contributed by atoms with Crippen LogP contribution >= 0.6 is 42.3 Å². The predicted molar refractivity (Wildman–Crippen MR) is 282 cm³/mol. The number of unbranched alkanes of at least 4 members (excludes halogenated alkanes) is 3. The molecule has 2 aliphatic rings. The van der Waals surface area contributed by atoms with Crippen LogP contribution in [0, 0.1) is 0 Å². The van der Waals surface area contributed by atoms with Crippen molar-refractivity contribution < 1.29 is 113 Å². The number of nitrogens with zero attached hydrogens (tertiary/aromatic N) is 7. The fraction of sp³-hybridized carbons (Fsp3) is 0.632. The number of aliphatic hydroxyl groups excluding tert-OH is 3. The lowest BCUT2D eigenvalue weighted by atomic mass is 10.2. The van der Waals surface area contributed by atoms with Gasteiger partial charge in [0.2, 0.25) is 11.9 Å². The third-order valence-electron chi connectivity index (χ3n) is 10.7. The van der Waals surface area contributed by atoms with Crippen molar-refractivity contribution in [3.8, 4) is 0 Å². The topological polar surface area (TPSA) is 466 Å². The number of phosphoric acid groups is 3. The molecule has 0 aliphatic carbocycles. The van der Waals surface area contributed by atoms with Crippen LogP contribution < -0.4 is 21.8 Å². The first kappa shape index (κ1) is 68.8. The Labute approximate surface area is 452 Å². The summed E-state index contributed by atoms with van der Waals surface area (Å²) in [7, 11) is -11.8. The SMILES string of the molecule is C=CCNc1nc2c(ncn2[C@H]2C[C@@H](O)[C@@H](CO)O2)c(=O)[nH]1.C=CCNc1nc2c(ncn2[C@H]2C[C@@H](O)[C@@H](COP(=O)(O)OP(=O)(O)OP(=O)(O)O)O2)c(=O)[nH]1.CCCC[N+](P)(CCCC)CCCC.OOOOOOOP.[HH].[HH]. The highest BCUT2D eigenvalue weighted by Gasteiger charge is 2.43. The summed E-state index contributed by atoms with van der Waals surface area (Å²) in [6.45, 7) is 17.7. The highest BCUT2D eigenvalue weighted by atomic mass is 31.3. The summed E-state index contributed by atoms with van der Waals surface area (Å²) >= 11 is 0. The van der Waals surface area contributed by atoms with Crippen LogP contribution in [-0.4, -0.2) is 154 Å². The van der Waals surface area contributed by atoms with Crippen LogP contribution in [0.15, 0.2) is 47.6 Å². The maximum absolute atomic E-state index is 12.2. The van der Waals surface area contributed by atoms with Gasteiger partial charge in [0, 0.05) is 38.3 Å². The molecule has 2 saturated heterocycles. The van der Waals surface area contributed by atoms with E-state index < -0.39 is 72.5 Å². The second kappa shape index (κ2) is 34.1. The average Bonchev–Trinajstić information content (AvgIpc) is 4.18. The monoisotopic (exact) mass is 1220 g/mol. The number of hydrogen-bond acceptors (Lipinski definition) is 26. The van der Waals surface area contributed by atoms with Crippen LogP contribution in [0.1, 0.15) is 87.4 Å². The molecule has 10 atom stereocenters. The Morgan fingerprint density at radius 2 is 1.22 bits per heavy atom. The molecular formula is C38H73N11O24P5+. The van der Waals surface area contributed by atoms with Crippen LogP contribution in [-0.2, 0) is 66.2 Å². The maximum atomic E-state index is 12.2. The number of hydrogen-bond donors (Lipinski definition) is 12. The van der Waals surface area contributed by atoms with Gasteiger partial charge in [0.1, 0.15) is 24.7 Å². The molecule has 40 heteroatoms. The van der Waals surface area contributed by atoms with Crippen LogP contribution in [0.25, 0.3) is 22.3 Å². The van der Waals surface area contributed by atoms with Gasteiger partial charge in [-0.25, -0.2) is 28.9 Å². The maximum Gasteiger partial charge on any atom is 0.490 e. The van der Waals surface area contributed by atoms with Crippen molar-refractivity contribution in [3.63, 3.8) is 0 Å². The summed E-state index contributed by atoms with van der Waals surface area (Å²) in [5, 5.41) is 58.9. The number of quaternary nitrogens is 1. The van der Waals surface area contributed by atoms with E-state index in [-0.39, 0.29) is 44.1 Å². The number of phosphoric ester groups is 1. The first-order valence-electron chi connectivity index (χ1n) is 23.6. The molecule has 78 heavy (non-hydrogen) atoms. The number of fused-ring (bicyclic) bond motifs is 2. The third-order valence-corrected chi connectivity index (χ3v) is 15.4. The highest BCUT2D eigenvalue weighted by molar-refractivity contribution is 7.66. The van der Waals surface area contributed by atoms with E-state index >= 15 is 0 Å². The zero-order valence-corrected chi connectivity index (χ0v) is 47.5. The fourth-order valence-electron chi connectivity index (χ4n) is 7.14. The van der Waals surface area contributed by atoms with Gasteiger partial charge in [-0.2, -0.15) is 23.3 Å². The smallest absolute Gasteiger partial charge is 0.394 e. The minimum Gasteiger partial charge on any atom is -0.394 e. The summed E-state index contributed by atoms with van der Waals surface area (Å²) in [6.07, 6.45) is 8.77. The van der Waals surface area contributed by atoms with Gasteiger partial charge in [-0.3, -0.25) is 33.2 Å². The third kappa shape index (κ3) is 23.2. The van der Waals surface area contributed by atoms with Crippen molar-refractivity contribution >= 4 is 76.5 Å². The Hall–Kier alpha value is -3.47. The van der Waals surface area contributed by atoms with E-state index in [1.807, 2.05) is 0 Å². The van der Waals surface area contributed by atoms with Gasteiger partial charge in [-0.05, 0) is 44.5 Å². The molecule has 6 rings (SSSR count). The van der Waals surface area contributed by atoms with Gasteiger partial charge in [0.05, 0.1) is 67.1 Å². The molecule has 4 aromatic heterocycles. The fourth-order valence-corrected chi connectivity index (χ4v) is 10.8. The first-order chi connectivity index (χ1) is 36.9. The minimum atomic E-state index is -5.68. The van der Waals surface area contributed by atoms with Gasteiger partial charge in [0.15, 0.2) is 22.3 Å². The minimum absolute atomic E-state index is 0. The van der Waals surface area contributed by atoms with Crippen molar-refractivity contribution in [2.75, 3.05) is 56.6 Å². The lowest BCUT2D eigenvalue weighted by Crippen LogP contribution is -2.40. The molecule has 0 radical (unpaired) electrons. The molecule has 0 saturated carbocycles. The van der Waals surface area contributed by atoms with Crippen LogP contribution in [0.3, 0.4) is 0 Å². The molecule has 0 spiro atoms. The van der Waals surface area contributed by atoms with Crippen molar-refractivity contribution in [1.29, 1.82) is 0 Å². The van der Waals surface area contributed by atoms with Crippen LogP contribution in [0.2, 0.25) is 0 Å². The Kier molecular flexibility index (Phi) is 30.1. The molecule has 6 heterocycles. The number of ether oxygens (including phenoxy) is 2. The summed E-state index contributed by atoms with van der Waals surface area (Å²) in [4.78, 5) is 81.6. The van der Waals surface area contributed by atoms with Crippen LogP contribution in [0.5, 0.6) is 0 Å². The number of aromatic amines is 2. The number of anilines is 2. The van der Waals surface area contributed by atoms with Gasteiger partial charge in [-0.1, -0.05) is 52.2 Å². The lowest BCUT2D eigenvalue weighted by molar-refractivity contribution is -0.801. The Bertz CT molecular complexity index is 2700.